The fraction of sp³-hybridized carbons (Fsp3) is 0.400. The summed E-state index contributed by atoms with van der Waals surface area (Å²) in [5.74, 6) is -0.448. The normalized spacial score (nSPS) is 15.8. The van der Waals surface area contributed by atoms with Crippen LogP contribution in [0.4, 0.5) is 19.1 Å². The van der Waals surface area contributed by atoms with Gasteiger partial charge in [0.2, 0.25) is 5.95 Å². The van der Waals surface area contributed by atoms with E-state index < -0.39 is 23.8 Å². The summed E-state index contributed by atoms with van der Waals surface area (Å²) >= 11 is 0. The van der Waals surface area contributed by atoms with E-state index in [1.54, 1.807) is 4.68 Å². The highest BCUT2D eigenvalue weighted by Crippen LogP contribution is 2.36. The minimum absolute atomic E-state index is 0.371. The molecule has 128 valence electrons. The monoisotopic (exact) mass is 340 g/mol. The van der Waals surface area contributed by atoms with Crippen LogP contribution in [0.1, 0.15) is 18.9 Å². The summed E-state index contributed by atoms with van der Waals surface area (Å²) in [6, 6.07) is 4.82. The van der Waals surface area contributed by atoms with Crippen molar-refractivity contribution in [3.63, 3.8) is 0 Å². The molecule has 0 saturated carbocycles. The highest BCUT2D eigenvalue weighted by Gasteiger charge is 2.36. The SMILES string of the molecule is C[C@@H](Oc1ccccc1C(F)(F)F)C(=O)N1CCCn2ncnc21. The van der Waals surface area contributed by atoms with Crippen LogP contribution in [0.25, 0.3) is 0 Å². The first-order valence-electron chi connectivity index (χ1n) is 7.40. The summed E-state index contributed by atoms with van der Waals surface area (Å²) < 4.78 is 45.9. The minimum Gasteiger partial charge on any atom is -0.480 e. The number of rotatable bonds is 3. The number of carbonyl (C=O) groups is 1. The lowest BCUT2D eigenvalue weighted by Crippen LogP contribution is -2.45. The van der Waals surface area contributed by atoms with E-state index in [0.717, 1.165) is 6.07 Å². The lowest BCUT2D eigenvalue weighted by molar-refractivity contribution is -0.140. The molecular formula is C15H15F3N4O2. The van der Waals surface area contributed by atoms with Gasteiger partial charge in [-0.2, -0.15) is 23.3 Å². The molecule has 0 spiro atoms. The summed E-state index contributed by atoms with van der Waals surface area (Å²) in [6.07, 6.45) is -3.61. The second kappa shape index (κ2) is 6.14. The molecule has 1 aliphatic heterocycles. The molecule has 1 aromatic heterocycles. The van der Waals surface area contributed by atoms with Gasteiger partial charge in [0, 0.05) is 13.1 Å². The third-order valence-electron chi connectivity index (χ3n) is 3.70. The first kappa shape index (κ1) is 16.3. The number of halogens is 3. The van der Waals surface area contributed by atoms with Gasteiger partial charge in [0.1, 0.15) is 12.1 Å². The number of hydrogen-bond donors (Lipinski definition) is 0. The number of para-hydroxylation sites is 1. The van der Waals surface area contributed by atoms with Crippen LogP contribution in [0.3, 0.4) is 0 Å². The van der Waals surface area contributed by atoms with Crippen LogP contribution in [-0.2, 0) is 17.5 Å². The molecule has 9 heteroatoms. The van der Waals surface area contributed by atoms with Crippen molar-refractivity contribution in [2.24, 2.45) is 0 Å². The van der Waals surface area contributed by atoms with Crippen molar-refractivity contribution in [1.29, 1.82) is 0 Å². The van der Waals surface area contributed by atoms with Crippen molar-refractivity contribution in [2.75, 3.05) is 11.4 Å². The average Bonchev–Trinajstić information content (AvgIpc) is 3.02. The number of carbonyl (C=O) groups excluding carboxylic acids is 1. The van der Waals surface area contributed by atoms with Gasteiger partial charge in [0.25, 0.3) is 5.91 Å². The number of hydrogen-bond acceptors (Lipinski definition) is 4. The van der Waals surface area contributed by atoms with Gasteiger partial charge in [-0.15, -0.1) is 0 Å². The van der Waals surface area contributed by atoms with Crippen LogP contribution in [0.5, 0.6) is 5.75 Å². The van der Waals surface area contributed by atoms with Crippen molar-refractivity contribution in [1.82, 2.24) is 14.8 Å². The third kappa shape index (κ3) is 3.06. The molecule has 1 aliphatic rings. The van der Waals surface area contributed by atoms with Crippen LogP contribution in [0, 0.1) is 0 Å². The highest BCUT2D eigenvalue weighted by atomic mass is 19.4. The summed E-state index contributed by atoms with van der Waals surface area (Å²) in [6.45, 7) is 2.49. The van der Waals surface area contributed by atoms with Crippen LogP contribution >= 0.6 is 0 Å². The zero-order chi connectivity index (χ0) is 17.3. The van der Waals surface area contributed by atoms with E-state index in [1.165, 1.54) is 36.4 Å². The Morgan fingerprint density at radius 3 is 2.79 bits per heavy atom. The van der Waals surface area contributed by atoms with Gasteiger partial charge in [0.15, 0.2) is 6.10 Å². The van der Waals surface area contributed by atoms with Crippen molar-refractivity contribution >= 4 is 11.9 Å². The van der Waals surface area contributed by atoms with Crippen LogP contribution < -0.4 is 9.64 Å². The molecule has 0 saturated heterocycles. The number of nitrogens with zero attached hydrogens (tertiary/aromatic N) is 4. The molecule has 24 heavy (non-hydrogen) atoms. The molecule has 1 amide bonds. The summed E-state index contributed by atoms with van der Waals surface area (Å²) in [5, 5.41) is 4.00. The van der Waals surface area contributed by atoms with Crippen molar-refractivity contribution in [3.8, 4) is 5.75 Å². The Bertz CT molecular complexity index is 744. The Kier molecular flexibility index (Phi) is 4.16. The van der Waals surface area contributed by atoms with E-state index in [4.69, 9.17) is 4.74 Å². The van der Waals surface area contributed by atoms with Crippen molar-refractivity contribution < 1.29 is 22.7 Å². The first-order chi connectivity index (χ1) is 11.4. The molecule has 0 fully saturated rings. The molecule has 1 atom stereocenters. The molecule has 2 aromatic rings. The third-order valence-corrected chi connectivity index (χ3v) is 3.70. The Morgan fingerprint density at radius 1 is 1.29 bits per heavy atom. The number of benzene rings is 1. The van der Waals surface area contributed by atoms with Gasteiger partial charge < -0.3 is 4.74 Å². The average molecular weight is 340 g/mol. The largest absolute Gasteiger partial charge is 0.480 e. The lowest BCUT2D eigenvalue weighted by Gasteiger charge is -2.28. The van der Waals surface area contributed by atoms with E-state index in [1.807, 2.05) is 0 Å². The summed E-state index contributed by atoms with van der Waals surface area (Å²) in [4.78, 5) is 18.0. The molecule has 0 aliphatic carbocycles. The number of anilines is 1. The second-order valence-corrected chi connectivity index (χ2v) is 5.38. The smallest absolute Gasteiger partial charge is 0.419 e. The van der Waals surface area contributed by atoms with Crippen molar-refractivity contribution in [2.45, 2.75) is 32.2 Å². The lowest BCUT2D eigenvalue weighted by atomic mass is 10.2. The molecule has 3 rings (SSSR count). The molecule has 0 unspecified atom stereocenters. The zero-order valence-corrected chi connectivity index (χ0v) is 12.8. The maximum Gasteiger partial charge on any atom is 0.419 e. The van der Waals surface area contributed by atoms with Gasteiger partial charge in [-0.1, -0.05) is 12.1 Å². The number of aryl methyl sites for hydroxylation is 1. The quantitative estimate of drug-likeness (QED) is 0.861. The molecule has 0 radical (unpaired) electrons. The Morgan fingerprint density at radius 2 is 2.04 bits per heavy atom. The summed E-state index contributed by atoms with van der Waals surface area (Å²) in [7, 11) is 0. The maximum atomic E-state index is 13.0. The van der Waals surface area contributed by atoms with E-state index in [0.29, 0.717) is 25.5 Å². The summed E-state index contributed by atoms with van der Waals surface area (Å²) in [5.41, 5.74) is -0.911. The van der Waals surface area contributed by atoms with Gasteiger partial charge >= 0.3 is 6.18 Å². The van der Waals surface area contributed by atoms with Gasteiger partial charge in [0.05, 0.1) is 5.56 Å². The number of alkyl halides is 3. The van der Waals surface area contributed by atoms with Crippen molar-refractivity contribution in [3.05, 3.63) is 36.2 Å². The van der Waals surface area contributed by atoms with E-state index in [-0.39, 0.29) is 5.75 Å². The van der Waals surface area contributed by atoms with Gasteiger partial charge in [-0.05, 0) is 25.5 Å². The molecule has 6 nitrogen and oxygen atoms in total. The topological polar surface area (TPSA) is 60.2 Å². The fourth-order valence-corrected chi connectivity index (χ4v) is 2.58. The van der Waals surface area contributed by atoms with Gasteiger partial charge in [-0.25, -0.2) is 4.68 Å². The van der Waals surface area contributed by atoms with Gasteiger partial charge in [-0.3, -0.25) is 9.69 Å². The van der Waals surface area contributed by atoms with E-state index in [2.05, 4.69) is 10.1 Å². The van der Waals surface area contributed by atoms with Crippen LogP contribution in [0.15, 0.2) is 30.6 Å². The molecule has 0 bridgehead atoms. The molecule has 0 N–H and O–H groups in total. The molecule has 2 heterocycles. The highest BCUT2D eigenvalue weighted by molar-refractivity contribution is 5.95. The number of amides is 1. The number of fused-ring (bicyclic) bond motifs is 1. The number of ether oxygens (including phenoxy) is 1. The Labute approximate surface area is 135 Å². The molecular weight excluding hydrogens is 325 g/mol. The predicted octanol–water partition coefficient (Wildman–Crippen LogP) is 2.50. The fourth-order valence-electron chi connectivity index (χ4n) is 2.58. The first-order valence-corrected chi connectivity index (χ1v) is 7.40. The second-order valence-electron chi connectivity index (χ2n) is 5.38. The van der Waals surface area contributed by atoms with Crippen LogP contribution in [-0.4, -0.2) is 33.3 Å². The standard InChI is InChI=1S/C15H15F3N4O2/c1-10(24-12-6-3-2-5-11(12)15(16,17)18)13(23)21-7-4-8-22-14(21)19-9-20-22/h2-3,5-6,9-10H,4,7-8H2,1H3/t10-/m1/s1. The van der Waals surface area contributed by atoms with Crippen LogP contribution in [0.2, 0.25) is 0 Å². The van der Waals surface area contributed by atoms with E-state index >= 15 is 0 Å². The predicted molar refractivity (Wildman–Crippen MR) is 78.5 cm³/mol. The number of aromatic nitrogens is 3. The zero-order valence-electron chi connectivity index (χ0n) is 12.8. The minimum atomic E-state index is -4.55. The maximum absolute atomic E-state index is 13.0. The van der Waals surface area contributed by atoms with E-state index in [9.17, 15) is 18.0 Å². The Hall–Kier alpha value is -2.58. The molecule has 1 aromatic carbocycles. The Balaban J connectivity index is 1.80.